The molecular weight excluding hydrogens is 356 g/mol. The van der Waals surface area contributed by atoms with Gasteiger partial charge in [0, 0.05) is 38.7 Å². The van der Waals surface area contributed by atoms with E-state index in [0.717, 1.165) is 36.7 Å². The number of carboxylic acid groups (broad SMARTS) is 1. The fourth-order valence-corrected chi connectivity index (χ4v) is 4.71. The minimum absolute atomic E-state index is 0.0513. The first kappa shape index (κ1) is 18.7. The van der Waals surface area contributed by atoms with Crippen molar-refractivity contribution in [1.82, 2.24) is 9.80 Å². The normalized spacial score (nSPS) is 22.1. The van der Waals surface area contributed by atoms with E-state index in [9.17, 15) is 14.7 Å². The highest BCUT2D eigenvalue weighted by atomic mass is 16.4. The monoisotopic (exact) mass is 382 g/mol. The van der Waals surface area contributed by atoms with Crippen LogP contribution in [0.1, 0.15) is 30.6 Å². The molecule has 6 heteroatoms. The Balaban J connectivity index is 1.40. The third-order valence-electron chi connectivity index (χ3n) is 6.47. The summed E-state index contributed by atoms with van der Waals surface area (Å²) in [6.07, 6.45) is 1.53. The molecule has 1 aromatic carbocycles. The number of aliphatic carboxylic acids is 1. The van der Waals surface area contributed by atoms with Crippen LogP contribution in [0.15, 0.2) is 40.8 Å². The molecule has 0 aliphatic carbocycles. The van der Waals surface area contributed by atoms with Crippen molar-refractivity contribution in [3.63, 3.8) is 0 Å². The topological polar surface area (TPSA) is 74.0 Å². The van der Waals surface area contributed by atoms with Crippen LogP contribution in [0.25, 0.3) is 11.3 Å². The molecule has 1 spiro atoms. The van der Waals surface area contributed by atoms with Gasteiger partial charge >= 0.3 is 5.97 Å². The second-order valence-corrected chi connectivity index (χ2v) is 8.03. The Bertz CT molecular complexity index is 878. The Kier molecular flexibility index (Phi) is 4.75. The summed E-state index contributed by atoms with van der Waals surface area (Å²) in [7, 11) is 1.76. The molecule has 4 rings (SSSR count). The lowest BCUT2D eigenvalue weighted by molar-refractivity contribution is -0.146. The SMILES string of the molecule is Cc1ccc(-c2ccc(CN3CCC4(CC3)C(C(=O)O)CC(=O)N4C)cc2)o1. The molecule has 2 saturated heterocycles. The number of rotatable bonds is 4. The van der Waals surface area contributed by atoms with Crippen molar-refractivity contribution in [2.75, 3.05) is 20.1 Å². The molecule has 148 valence electrons. The minimum atomic E-state index is -0.852. The van der Waals surface area contributed by atoms with Crippen molar-refractivity contribution >= 4 is 11.9 Å². The van der Waals surface area contributed by atoms with Gasteiger partial charge in [-0.25, -0.2) is 0 Å². The quantitative estimate of drug-likeness (QED) is 0.879. The Labute approximate surface area is 164 Å². The number of nitrogens with zero attached hydrogens (tertiary/aromatic N) is 2. The molecule has 2 aliphatic heterocycles. The van der Waals surface area contributed by atoms with Crippen molar-refractivity contribution in [1.29, 1.82) is 0 Å². The molecule has 28 heavy (non-hydrogen) atoms. The molecule has 1 unspecified atom stereocenters. The Morgan fingerprint density at radius 3 is 2.43 bits per heavy atom. The maximum absolute atomic E-state index is 12.1. The number of piperidine rings is 1. The van der Waals surface area contributed by atoms with Crippen LogP contribution in [0.3, 0.4) is 0 Å². The highest BCUT2D eigenvalue weighted by molar-refractivity contribution is 5.88. The fourth-order valence-electron chi connectivity index (χ4n) is 4.71. The molecule has 0 bridgehead atoms. The zero-order chi connectivity index (χ0) is 19.9. The van der Waals surface area contributed by atoms with Crippen LogP contribution in [0.2, 0.25) is 0 Å². The summed E-state index contributed by atoms with van der Waals surface area (Å²) in [4.78, 5) is 27.9. The lowest BCUT2D eigenvalue weighted by Crippen LogP contribution is -2.55. The average molecular weight is 382 g/mol. The van der Waals surface area contributed by atoms with Gasteiger partial charge in [-0.05, 0) is 37.5 Å². The predicted octanol–water partition coefficient (Wildman–Crippen LogP) is 3.15. The van der Waals surface area contributed by atoms with Gasteiger partial charge in [0.1, 0.15) is 11.5 Å². The molecule has 1 N–H and O–H groups in total. The maximum Gasteiger partial charge on any atom is 0.309 e. The van der Waals surface area contributed by atoms with E-state index in [1.165, 1.54) is 5.56 Å². The number of hydrogen-bond donors (Lipinski definition) is 1. The summed E-state index contributed by atoms with van der Waals surface area (Å²) in [5.41, 5.74) is 1.75. The molecule has 1 amide bonds. The van der Waals surface area contributed by atoms with E-state index in [-0.39, 0.29) is 12.3 Å². The van der Waals surface area contributed by atoms with Gasteiger partial charge in [-0.1, -0.05) is 24.3 Å². The highest BCUT2D eigenvalue weighted by Gasteiger charge is 2.55. The number of aryl methyl sites for hydroxylation is 1. The van der Waals surface area contributed by atoms with Gasteiger partial charge in [-0.15, -0.1) is 0 Å². The first-order valence-electron chi connectivity index (χ1n) is 9.77. The molecule has 0 saturated carbocycles. The average Bonchev–Trinajstić information content (AvgIpc) is 3.22. The Hall–Kier alpha value is -2.60. The summed E-state index contributed by atoms with van der Waals surface area (Å²) in [6, 6.07) is 12.3. The molecule has 2 aromatic rings. The zero-order valence-corrected chi connectivity index (χ0v) is 16.4. The maximum atomic E-state index is 12.1. The number of benzene rings is 1. The number of hydrogen-bond acceptors (Lipinski definition) is 4. The van der Waals surface area contributed by atoms with Crippen LogP contribution in [0.4, 0.5) is 0 Å². The van der Waals surface area contributed by atoms with Gasteiger partial charge in [-0.2, -0.15) is 0 Å². The Morgan fingerprint density at radius 2 is 1.86 bits per heavy atom. The molecule has 1 atom stereocenters. The molecule has 6 nitrogen and oxygen atoms in total. The number of carbonyl (C=O) groups excluding carboxylic acids is 1. The van der Waals surface area contributed by atoms with E-state index in [4.69, 9.17) is 4.42 Å². The van der Waals surface area contributed by atoms with Crippen LogP contribution < -0.4 is 0 Å². The third kappa shape index (κ3) is 3.22. The predicted molar refractivity (Wildman–Crippen MR) is 105 cm³/mol. The standard InChI is InChI=1S/C22H26N2O4/c1-15-3-8-19(28-15)17-6-4-16(5-7-17)14-24-11-9-22(10-12-24)18(21(26)27)13-20(25)23(22)2/h3-8,18H,9-14H2,1-2H3,(H,26,27). The van der Waals surface area contributed by atoms with Crippen molar-refractivity contribution in [3.05, 3.63) is 47.7 Å². The molecule has 0 radical (unpaired) electrons. The molecule has 2 aliphatic rings. The van der Waals surface area contributed by atoms with Gasteiger partial charge in [0.05, 0.1) is 11.5 Å². The summed E-state index contributed by atoms with van der Waals surface area (Å²) < 4.78 is 5.67. The summed E-state index contributed by atoms with van der Waals surface area (Å²) in [5, 5.41) is 9.59. The van der Waals surface area contributed by atoms with Crippen molar-refractivity contribution in [2.45, 2.75) is 38.3 Å². The molecule has 1 aromatic heterocycles. The smallest absolute Gasteiger partial charge is 0.309 e. The number of likely N-dealkylation sites (tertiary alicyclic amines) is 2. The van der Waals surface area contributed by atoms with Gasteiger partial charge in [0.25, 0.3) is 0 Å². The van der Waals surface area contributed by atoms with Crippen LogP contribution in [0, 0.1) is 12.8 Å². The second kappa shape index (κ2) is 7.09. The fraction of sp³-hybridized carbons (Fsp3) is 0.455. The number of amides is 1. The summed E-state index contributed by atoms with van der Waals surface area (Å²) >= 11 is 0. The molecular formula is C22H26N2O4. The van der Waals surface area contributed by atoms with Gasteiger partial charge in [0.2, 0.25) is 5.91 Å². The number of carbonyl (C=O) groups is 2. The third-order valence-corrected chi connectivity index (χ3v) is 6.47. The van der Waals surface area contributed by atoms with Gasteiger partial charge in [-0.3, -0.25) is 14.5 Å². The van der Waals surface area contributed by atoms with E-state index in [1.54, 1.807) is 11.9 Å². The van der Waals surface area contributed by atoms with Gasteiger partial charge in [0.15, 0.2) is 0 Å². The summed E-state index contributed by atoms with van der Waals surface area (Å²) in [6.45, 7) is 4.34. The number of furan rings is 1. The van der Waals surface area contributed by atoms with Crippen LogP contribution >= 0.6 is 0 Å². The van der Waals surface area contributed by atoms with Gasteiger partial charge < -0.3 is 14.4 Å². The number of carboxylic acids is 1. The highest BCUT2D eigenvalue weighted by Crippen LogP contribution is 2.43. The van der Waals surface area contributed by atoms with E-state index < -0.39 is 17.4 Å². The van der Waals surface area contributed by atoms with Crippen LogP contribution in [-0.4, -0.2) is 52.5 Å². The lowest BCUT2D eigenvalue weighted by Gasteiger charge is -2.45. The molecule has 3 heterocycles. The van der Waals surface area contributed by atoms with E-state index in [1.807, 2.05) is 19.1 Å². The minimum Gasteiger partial charge on any atom is -0.481 e. The summed E-state index contributed by atoms with van der Waals surface area (Å²) in [5.74, 6) is 0.275. The van der Waals surface area contributed by atoms with Crippen molar-refractivity contribution < 1.29 is 19.1 Å². The van der Waals surface area contributed by atoms with Crippen LogP contribution in [-0.2, 0) is 16.1 Å². The Morgan fingerprint density at radius 1 is 1.18 bits per heavy atom. The largest absolute Gasteiger partial charge is 0.481 e. The van der Waals surface area contributed by atoms with E-state index in [2.05, 4.69) is 29.2 Å². The van der Waals surface area contributed by atoms with Crippen molar-refractivity contribution in [3.8, 4) is 11.3 Å². The van der Waals surface area contributed by atoms with E-state index in [0.29, 0.717) is 12.8 Å². The first-order valence-corrected chi connectivity index (χ1v) is 9.77. The zero-order valence-electron chi connectivity index (χ0n) is 16.4. The lowest BCUT2D eigenvalue weighted by atomic mass is 9.77. The molecule has 2 fully saturated rings. The second-order valence-electron chi connectivity index (χ2n) is 8.03. The van der Waals surface area contributed by atoms with E-state index >= 15 is 0 Å². The first-order chi connectivity index (χ1) is 13.4. The van der Waals surface area contributed by atoms with Crippen molar-refractivity contribution in [2.24, 2.45) is 5.92 Å². The van der Waals surface area contributed by atoms with Crippen LogP contribution in [0.5, 0.6) is 0 Å².